The van der Waals surface area contributed by atoms with E-state index in [2.05, 4.69) is 15.4 Å². The molecule has 0 unspecified atom stereocenters. The van der Waals surface area contributed by atoms with E-state index < -0.39 is 0 Å². The molecule has 0 spiro atoms. The van der Waals surface area contributed by atoms with Crippen LogP contribution in [0, 0.1) is 0 Å². The number of amides is 1. The van der Waals surface area contributed by atoms with Crippen molar-refractivity contribution < 1.29 is 4.79 Å². The van der Waals surface area contributed by atoms with Crippen molar-refractivity contribution >= 4 is 17.4 Å². The molecule has 4 rings (SSSR count). The maximum absolute atomic E-state index is 11.6. The van der Waals surface area contributed by atoms with Crippen molar-refractivity contribution in [1.82, 2.24) is 19.5 Å². The van der Waals surface area contributed by atoms with Gasteiger partial charge >= 0.3 is 0 Å². The van der Waals surface area contributed by atoms with Crippen molar-refractivity contribution in [1.29, 1.82) is 0 Å². The van der Waals surface area contributed by atoms with Crippen molar-refractivity contribution in [2.24, 2.45) is 5.73 Å². The van der Waals surface area contributed by atoms with Crippen LogP contribution in [0.2, 0.25) is 0 Å². The zero-order valence-electron chi connectivity index (χ0n) is 15.3. The Morgan fingerprint density at radius 3 is 2.74 bits per heavy atom. The number of carbonyl (C=O) groups is 1. The zero-order chi connectivity index (χ0) is 18.6. The molecule has 2 aromatic heterocycles. The molecule has 1 amide bonds. The Labute approximate surface area is 158 Å². The van der Waals surface area contributed by atoms with E-state index in [1.54, 1.807) is 0 Å². The van der Waals surface area contributed by atoms with Crippen LogP contribution in [-0.4, -0.2) is 45.0 Å². The summed E-state index contributed by atoms with van der Waals surface area (Å²) in [5.74, 6) is 1.08. The number of likely N-dealkylation sites (tertiary alicyclic amines) is 1. The maximum Gasteiger partial charge on any atom is 0.222 e. The largest absolute Gasteiger partial charge is 0.369 e. The predicted octanol–water partition coefficient (Wildman–Crippen LogP) is 2.28. The van der Waals surface area contributed by atoms with Crippen LogP contribution in [0.4, 0.5) is 5.82 Å². The fourth-order valence-electron chi connectivity index (χ4n) is 3.40. The van der Waals surface area contributed by atoms with Crippen LogP contribution in [0.25, 0.3) is 16.9 Å². The van der Waals surface area contributed by atoms with Gasteiger partial charge < -0.3 is 16.0 Å². The lowest BCUT2D eigenvalue weighted by Crippen LogP contribution is -2.27. The third kappa shape index (κ3) is 3.78. The second-order valence-electron chi connectivity index (χ2n) is 6.80. The molecule has 140 valence electrons. The number of imidazole rings is 1. The Morgan fingerprint density at radius 2 is 2.00 bits per heavy atom. The molecule has 1 aliphatic heterocycles. The standard InChI is InChI=1S/C20H24N6O/c21-13-15-4-6-16(7-5-15)17-14-23-19-9-8-18(24-26(17)19)22-10-2-12-25-11-1-3-20(25)27/h4-9,14H,1-3,10-13,21H2,(H,22,24). The second-order valence-corrected chi connectivity index (χ2v) is 6.80. The number of nitrogens with zero attached hydrogens (tertiary/aromatic N) is 4. The lowest BCUT2D eigenvalue weighted by atomic mass is 10.1. The van der Waals surface area contributed by atoms with Crippen LogP contribution < -0.4 is 11.1 Å². The molecule has 0 aliphatic carbocycles. The van der Waals surface area contributed by atoms with Gasteiger partial charge in [0.2, 0.25) is 5.91 Å². The Kier molecular flexibility index (Phi) is 5.02. The number of nitrogens with two attached hydrogens (primary N) is 1. The molecule has 1 fully saturated rings. The molecule has 3 heterocycles. The Morgan fingerprint density at radius 1 is 1.15 bits per heavy atom. The maximum atomic E-state index is 11.6. The molecule has 7 heteroatoms. The molecule has 0 saturated carbocycles. The summed E-state index contributed by atoms with van der Waals surface area (Å²) in [5.41, 5.74) is 9.57. The number of nitrogens with one attached hydrogen (secondary N) is 1. The van der Waals surface area contributed by atoms with E-state index in [9.17, 15) is 4.79 Å². The minimum atomic E-state index is 0.276. The fraction of sp³-hybridized carbons (Fsp3) is 0.350. The van der Waals surface area contributed by atoms with Crippen molar-refractivity contribution in [2.75, 3.05) is 25.0 Å². The van der Waals surface area contributed by atoms with Gasteiger partial charge in [0.1, 0.15) is 5.82 Å². The van der Waals surface area contributed by atoms with Crippen LogP contribution in [-0.2, 0) is 11.3 Å². The second kappa shape index (κ2) is 7.75. The molecule has 1 aliphatic rings. The van der Waals surface area contributed by atoms with E-state index in [0.717, 1.165) is 60.8 Å². The van der Waals surface area contributed by atoms with Gasteiger partial charge in [-0.1, -0.05) is 24.3 Å². The Balaban J connectivity index is 1.44. The first-order valence-corrected chi connectivity index (χ1v) is 9.40. The van der Waals surface area contributed by atoms with Crippen LogP contribution in [0.1, 0.15) is 24.8 Å². The van der Waals surface area contributed by atoms with Crippen LogP contribution in [0.15, 0.2) is 42.6 Å². The van der Waals surface area contributed by atoms with Gasteiger partial charge in [-0.05, 0) is 30.5 Å². The third-order valence-corrected chi connectivity index (χ3v) is 4.93. The lowest BCUT2D eigenvalue weighted by Gasteiger charge is -2.15. The van der Waals surface area contributed by atoms with Crippen LogP contribution in [0.5, 0.6) is 0 Å². The lowest BCUT2D eigenvalue weighted by molar-refractivity contribution is -0.127. The number of aromatic nitrogens is 3. The number of anilines is 1. The van der Waals surface area contributed by atoms with Gasteiger partial charge in [0.05, 0.1) is 11.9 Å². The molecule has 3 N–H and O–H groups in total. The van der Waals surface area contributed by atoms with Gasteiger partial charge in [0.25, 0.3) is 0 Å². The monoisotopic (exact) mass is 364 g/mol. The first-order chi connectivity index (χ1) is 13.2. The van der Waals surface area contributed by atoms with Gasteiger partial charge in [0, 0.05) is 38.2 Å². The van der Waals surface area contributed by atoms with Crippen LogP contribution in [0.3, 0.4) is 0 Å². The summed E-state index contributed by atoms with van der Waals surface area (Å²) in [6.07, 6.45) is 4.42. The molecule has 1 aromatic carbocycles. The summed E-state index contributed by atoms with van der Waals surface area (Å²) in [6.45, 7) is 3.00. The zero-order valence-corrected chi connectivity index (χ0v) is 15.3. The summed E-state index contributed by atoms with van der Waals surface area (Å²) in [7, 11) is 0. The highest BCUT2D eigenvalue weighted by molar-refractivity contribution is 5.78. The van der Waals surface area contributed by atoms with Crippen molar-refractivity contribution in [2.45, 2.75) is 25.8 Å². The smallest absolute Gasteiger partial charge is 0.222 e. The highest BCUT2D eigenvalue weighted by atomic mass is 16.2. The topological polar surface area (TPSA) is 88.5 Å². The minimum absolute atomic E-state index is 0.276. The van der Waals surface area contributed by atoms with E-state index in [1.165, 1.54) is 0 Å². The van der Waals surface area contributed by atoms with E-state index >= 15 is 0 Å². The Hall–Kier alpha value is -2.93. The molecule has 0 radical (unpaired) electrons. The molecule has 1 saturated heterocycles. The van der Waals surface area contributed by atoms with E-state index in [-0.39, 0.29) is 5.91 Å². The van der Waals surface area contributed by atoms with Gasteiger partial charge in [-0.2, -0.15) is 0 Å². The molecule has 27 heavy (non-hydrogen) atoms. The molecule has 3 aromatic rings. The van der Waals surface area contributed by atoms with Crippen molar-refractivity contribution in [3.8, 4) is 11.3 Å². The normalized spacial score (nSPS) is 14.3. The number of benzene rings is 1. The van der Waals surface area contributed by atoms with Crippen molar-refractivity contribution in [3.05, 3.63) is 48.2 Å². The fourth-order valence-corrected chi connectivity index (χ4v) is 3.40. The molecule has 0 atom stereocenters. The average molecular weight is 364 g/mol. The first-order valence-electron chi connectivity index (χ1n) is 9.40. The molecule has 0 bridgehead atoms. The average Bonchev–Trinajstić information content (AvgIpc) is 3.31. The number of rotatable bonds is 7. The third-order valence-electron chi connectivity index (χ3n) is 4.93. The SMILES string of the molecule is NCc1ccc(-c2cnc3ccc(NCCCN4CCCC4=O)nn23)cc1. The molecular formula is C20H24N6O. The molecular weight excluding hydrogens is 340 g/mol. The van der Waals surface area contributed by atoms with E-state index in [0.29, 0.717) is 13.0 Å². The minimum Gasteiger partial charge on any atom is -0.369 e. The quantitative estimate of drug-likeness (QED) is 0.628. The van der Waals surface area contributed by atoms with Gasteiger partial charge in [-0.15, -0.1) is 5.10 Å². The van der Waals surface area contributed by atoms with Crippen LogP contribution >= 0.6 is 0 Å². The summed E-state index contributed by atoms with van der Waals surface area (Å²) in [4.78, 5) is 18.0. The summed E-state index contributed by atoms with van der Waals surface area (Å²) in [5, 5.41) is 8.02. The van der Waals surface area contributed by atoms with Gasteiger partial charge in [0.15, 0.2) is 5.65 Å². The molecule has 7 nitrogen and oxygen atoms in total. The summed E-state index contributed by atoms with van der Waals surface area (Å²) in [6, 6.07) is 12.0. The first kappa shape index (κ1) is 17.5. The predicted molar refractivity (Wildman–Crippen MR) is 105 cm³/mol. The van der Waals surface area contributed by atoms with E-state index in [1.807, 2.05) is 52.0 Å². The Bertz CT molecular complexity index is 933. The number of hydrogen-bond acceptors (Lipinski definition) is 5. The summed E-state index contributed by atoms with van der Waals surface area (Å²) >= 11 is 0. The van der Waals surface area contributed by atoms with Gasteiger partial charge in [-0.3, -0.25) is 4.79 Å². The summed E-state index contributed by atoms with van der Waals surface area (Å²) < 4.78 is 1.85. The van der Waals surface area contributed by atoms with E-state index in [4.69, 9.17) is 5.73 Å². The van der Waals surface area contributed by atoms with Gasteiger partial charge in [-0.25, -0.2) is 9.50 Å². The number of fused-ring (bicyclic) bond motifs is 1. The number of hydrogen-bond donors (Lipinski definition) is 2. The number of carbonyl (C=O) groups excluding carboxylic acids is 1. The highest BCUT2D eigenvalue weighted by Gasteiger charge is 2.18. The van der Waals surface area contributed by atoms with Crippen molar-refractivity contribution in [3.63, 3.8) is 0 Å². The highest BCUT2D eigenvalue weighted by Crippen LogP contribution is 2.21.